The van der Waals surface area contributed by atoms with Crippen molar-refractivity contribution in [2.75, 3.05) is 6.54 Å². The third-order valence-corrected chi connectivity index (χ3v) is 2.96. The van der Waals surface area contributed by atoms with Crippen molar-refractivity contribution in [2.24, 2.45) is 0 Å². The average molecular weight is 265 g/mol. The van der Waals surface area contributed by atoms with Crippen LogP contribution in [0.15, 0.2) is 30.0 Å². The molecule has 94 valence electrons. The zero-order valence-electron chi connectivity index (χ0n) is 9.94. The maximum Gasteiger partial charge on any atom is 0.329 e. The van der Waals surface area contributed by atoms with Gasteiger partial charge in [-0.1, -0.05) is 36.7 Å². The topological polar surface area (TPSA) is 49.4 Å². The number of urea groups is 1. The van der Waals surface area contributed by atoms with Gasteiger partial charge in [0, 0.05) is 11.6 Å². The summed E-state index contributed by atoms with van der Waals surface area (Å²) in [4.78, 5) is 24.7. The van der Waals surface area contributed by atoms with E-state index < -0.39 is 0 Å². The first-order valence-electron chi connectivity index (χ1n) is 5.72. The molecule has 0 radical (unpaired) electrons. The lowest BCUT2D eigenvalue weighted by molar-refractivity contribution is -0.122. The van der Waals surface area contributed by atoms with Crippen molar-refractivity contribution >= 4 is 29.6 Å². The molecule has 0 unspecified atom stereocenters. The maximum absolute atomic E-state index is 12.0. The fourth-order valence-corrected chi connectivity index (χ4v) is 1.94. The molecule has 1 heterocycles. The van der Waals surface area contributed by atoms with Crippen LogP contribution in [-0.4, -0.2) is 23.4 Å². The molecule has 0 aromatic heterocycles. The van der Waals surface area contributed by atoms with Crippen molar-refractivity contribution in [3.8, 4) is 0 Å². The fourth-order valence-electron chi connectivity index (χ4n) is 1.75. The van der Waals surface area contributed by atoms with Crippen molar-refractivity contribution < 1.29 is 9.59 Å². The summed E-state index contributed by atoms with van der Waals surface area (Å²) in [6.45, 7) is 2.33. The molecule has 0 spiro atoms. The second-order valence-electron chi connectivity index (χ2n) is 3.97. The van der Waals surface area contributed by atoms with E-state index in [1.54, 1.807) is 18.2 Å². The molecular weight excluding hydrogens is 252 g/mol. The summed E-state index contributed by atoms with van der Waals surface area (Å²) in [6, 6.07) is 6.78. The number of nitrogens with one attached hydrogen (secondary N) is 1. The standard InChI is InChI=1S/C13H13ClN2O2/c1-2-7-16-12(17)11(15-13(16)18)8-9-5-3-4-6-10(9)14/h3-6,8H,2,7H2,1H3,(H,15,18)/b11-8+. The molecule has 18 heavy (non-hydrogen) atoms. The number of carbonyl (C=O) groups excluding carboxylic acids is 2. The number of amides is 3. The van der Waals surface area contributed by atoms with E-state index in [2.05, 4.69) is 5.32 Å². The number of carbonyl (C=O) groups is 2. The van der Waals surface area contributed by atoms with Crippen LogP contribution in [0.1, 0.15) is 18.9 Å². The number of imide groups is 1. The Kier molecular flexibility index (Phi) is 3.67. The van der Waals surface area contributed by atoms with Gasteiger partial charge in [-0.2, -0.15) is 0 Å². The highest BCUT2D eigenvalue weighted by atomic mass is 35.5. The van der Waals surface area contributed by atoms with Crippen LogP contribution in [0.3, 0.4) is 0 Å². The number of hydrogen-bond acceptors (Lipinski definition) is 2. The lowest BCUT2D eigenvalue weighted by Gasteiger charge is -2.08. The molecule has 0 aliphatic carbocycles. The minimum absolute atomic E-state index is 0.265. The molecule has 1 aliphatic heterocycles. The lowest BCUT2D eigenvalue weighted by Crippen LogP contribution is -2.31. The Morgan fingerprint density at radius 2 is 2.06 bits per heavy atom. The monoisotopic (exact) mass is 264 g/mol. The van der Waals surface area contributed by atoms with Crippen molar-refractivity contribution in [3.05, 3.63) is 40.5 Å². The molecule has 1 aromatic rings. The number of hydrogen-bond donors (Lipinski definition) is 1. The van der Waals surface area contributed by atoms with Crippen LogP contribution in [0.5, 0.6) is 0 Å². The Balaban J connectivity index is 2.28. The molecule has 3 amide bonds. The van der Waals surface area contributed by atoms with E-state index in [1.165, 1.54) is 4.90 Å². The first-order chi connectivity index (χ1) is 8.63. The van der Waals surface area contributed by atoms with Gasteiger partial charge in [0.25, 0.3) is 5.91 Å². The van der Waals surface area contributed by atoms with Crippen LogP contribution in [0, 0.1) is 0 Å². The van der Waals surface area contributed by atoms with Gasteiger partial charge in [0.15, 0.2) is 0 Å². The maximum atomic E-state index is 12.0. The van der Waals surface area contributed by atoms with E-state index in [9.17, 15) is 9.59 Å². The average Bonchev–Trinajstić information content (AvgIpc) is 2.60. The number of benzene rings is 1. The Morgan fingerprint density at radius 1 is 1.33 bits per heavy atom. The van der Waals surface area contributed by atoms with E-state index in [4.69, 9.17) is 11.6 Å². The lowest BCUT2D eigenvalue weighted by atomic mass is 10.2. The molecule has 0 bridgehead atoms. The number of rotatable bonds is 3. The quantitative estimate of drug-likeness (QED) is 0.674. The summed E-state index contributed by atoms with van der Waals surface area (Å²) in [7, 11) is 0. The SMILES string of the molecule is CCCN1C(=O)N/C(=C/c2ccccc2Cl)C1=O. The Labute approximate surface area is 110 Å². The molecule has 1 fully saturated rings. The second-order valence-corrected chi connectivity index (χ2v) is 4.37. The van der Waals surface area contributed by atoms with Crippen molar-refractivity contribution in [3.63, 3.8) is 0 Å². The Hall–Kier alpha value is -1.81. The third-order valence-electron chi connectivity index (χ3n) is 2.61. The molecule has 0 atom stereocenters. The summed E-state index contributed by atoms with van der Waals surface area (Å²) in [5, 5.41) is 3.10. The second kappa shape index (κ2) is 5.23. The van der Waals surface area contributed by atoms with E-state index in [0.717, 1.165) is 6.42 Å². The van der Waals surface area contributed by atoms with E-state index in [1.807, 2.05) is 19.1 Å². The molecule has 4 nitrogen and oxygen atoms in total. The van der Waals surface area contributed by atoms with Gasteiger partial charge in [0.2, 0.25) is 0 Å². The summed E-state index contributed by atoms with van der Waals surface area (Å²) in [5.41, 5.74) is 0.975. The first-order valence-corrected chi connectivity index (χ1v) is 6.10. The zero-order valence-corrected chi connectivity index (χ0v) is 10.7. The van der Waals surface area contributed by atoms with Crippen LogP contribution in [0.2, 0.25) is 5.02 Å². The molecule has 0 saturated carbocycles. The minimum atomic E-state index is -0.375. The van der Waals surface area contributed by atoms with Gasteiger partial charge < -0.3 is 5.32 Å². The van der Waals surface area contributed by atoms with E-state index in [0.29, 0.717) is 17.1 Å². The largest absolute Gasteiger partial charge is 0.329 e. The molecule has 2 rings (SSSR count). The van der Waals surface area contributed by atoms with Gasteiger partial charge in [-0.05, 0) is 24.1 Å². The van der Waals surface area contributed by atoms with Crippen molar-refractivity contribution in [1.29, 1.82) is 0 Å². The fraction of sp³-hybridized carbons (Fsp3) is 0.231. The van der Waals surface area contributed by atoms with Crippen LogP contribution in [-0.2, 0) is 4.79 Å². The van der Waals surface area contributed by atoms with Gasteiger partial charge in [0.05, 0.1) is 0 Å². The number of halogens is 1. The molecule has 1 aliphatic rings. The molecular formula is C13H13ClN2O2. The van der Waals surface area contributed by atoms with Gasteiger partial charge in [0.1, 0.15) is 5.70 Å². The molecule has 1 N–H and O–H groups in total. The Bertz CT molecular complexity index is 525. The normalized spacial score (nSPS) is 17.4. The van der Waals surface area contributed by atoms with Crippen molar-refractivity contribution in [2.45, 2.75) is 13.3 Å². The zero-order chi connectivity index (χ0) is 13.1. The predicted octanol–water partition coefficient (Wildman–Crippen LogP) is 2.64. The Morgan fingerprint density at radius 3 is 2.72 bits per heavy atom. The predicted molar refractivity (Wildman–Crippen MR) is 70.0 cm³/mol. The van der Waals surface area contributed by atoms with Gasteiger partial charge in [-0.25, -0.2) is 4.79 Å². The van der Waals surface area contributed by atoms with Gasteiger partial charge in [-0.15, -0.1) is 0 Å². The molecule has 1 saturated heterocycles. The van der Waals surface area contributed by atoms with Crippen LogP contribution < -0.4 is 5.32 Å². The first kappa shape index (κ1) is 12.6. The van der Waals surface area contributed by atoms with Crippen LogP contribution in [0.4, 0.5) is 4.79 Å². The van der Waals surface area contributed by atoms with Gasteiger partial charge in [-0.3, -0.25) is 9.69 Å². The highest BCUT2D eigenvalue weighted by Crippen LogP contribution is 2.20. The van der Waals surface area contributed by atoms with Gasteiger partial charge >= 0.3 is 6.03 Å². The summed E-state index contributed by atoms with van der Waals surface area (Å²) >= 11 is 6.00. The smallest absolute Gasteiger partial charge is 0.303 e. The summed E-state index contributed by atoms with van der Waals surface area (Å²) in [6.07, 6.45) is 2.33. The summed E-state index contributed by atoms with van der Waals surface area (Å²) in [5.74, 6) is -0.304. The minimum Gasteiger partial charge on any atom is -0.303 e. The third kappa shape index (κ3) is 2.38. The summed E-state index contributed by atoms with van der Waals surface area (Å²) < 4.78 is 0. The number of nitrogens with zero attached hydrogens (tertiary/aromatic N) is 1. The van der Waals surface area contributed by atoms with Crippen LogP contribution in [0.25, 0.3) is 6.08 Å². The highest BCUT2D eigenvalue weighted by molar-refractivity contribution is 6.32. The molecule has 5 heteroatoms. The van der Waals surface area contributed by atoms with E-state index in [-0.39, 0.29) is 17.6 Å². The molecule has 1 aromatic carbocycles. The highest BCUT2D eigenvalue weighted by Gasteiger charge is 2.32. The van der Waals surface area contributed by atoms with Crippen molar-refractivity contribution in [1.82, 2.24) is 10.2 Å². The van der Waals surface area contributed by atoms with Crippen LogP contribution >= 0.6 is 11.6 Å². The van der Waals surface area contributed by atoms with E-state index >= 15 is 0 Å².